The van der Waals surface area contributed by atoms with Gasteiger partial charge < -0.3 is 14.7 Å². The molecule has 118 valence electrons. The quantitative estimate of drug-likeness (QED) is 0.546. The summed E-state index contributed by atoms with van der Waals surface area (Å²) in [5.41, 5.74) is -0.511. The van der Waals surface area contributed by atoms with Gasteiger partial charge >= 0.3 is 5.97 Å². The van der Waals surface area contributed by atoms with Gasteiger partial charge in [-0.1, -0.05) is 34.1 Å². The molecule has 0 fully saturated rings. The number of aliphatic hydroxyl groups is 1. The summed E-state index contributed by atoms with van der Waals surface area (Å²) in [4.78, 5) is 26.3. The fraction of sp³-hybridized carbons (Fsp3) is 0.867. The van der Waals surface area contributed by atoms with Gasteiger partial charge in [0.15, 0.2) is 0 Å². The lowest BCUT2D eigenvalue weighted by atomic mass is 9.79. The first-order chi connectivity index (χ1) is 9.29. The molecule has 5 heteroatoms. The van der Waals surface area contributed by atoms with Crippen molar-refractivity contribution >= 4 is 11.9 Å². The summed E-state index contributed by atoms with van der Waals surface area (Å²) in [6, 6.07) is 0. The number of esters is 1. The number of aliphatic hydroxyl groups excluding tert-OH is 1. The van der Waals surface area contributed by atoms with Gasteiger partial charge in [-0.2, -0.15) is 0 Å². The highest BCUT2D eigenvalue weighted by atomic mass is 16.5. The average molecular weight is 287 g/mol. The molecule has 0 bridgehead atoms. The second-order valence-corrected chi connectivity index (χ2v) is 5.95. The third-order valence-corrected chi connectivity index (χ3v) is 3.10. The molecule has 0 aliphatic heterocycles. The predicted molar refractivity (Wildman–Crippen MR) is 78.2 cm³/mol. The highest BCUT2D eigenvalue weighted by molar-refractivity contribution is 5.98. The first kappa shape index (κ1) is 18.9. The van der Waals surface area contributed by atoms with Crippen LogP contribution in [-0.4, -0.2) is 48.2 Å². The van der Waals surface area contributed by atoms with Crippen molar-refractivity contribution in [3.8, 4) is 0 Å². The van der Waals surface area contributed by atoms with E-state index in [0.29, 0.717) is 6.54 Å². The second-order valence-electron chi connectivity index (χ2n) is 5.95. The third-order valence-electron chi connectivity index (χ3n) is 3.10. The van der Waals surface area contributed by atoms with E-state index < -0.39 is 17.3 Å². The Morgan fingerprint density at radius 2 is 1.80 bits per heavy atom. The van der Waals surface area contributed by atoms with Crippen LogP contribution < -0.4 is 0 Å². The summed E-state index contributed by atoms with van der Waals surface area (Å²) in [6.07, 6.45) is 1.81. The molecular formula is C15H29NO4. The minimum Gasteiger partial charge on any atom is -0.465 e. The van der Waals surface area contributed by atoms with Gasteiger partial charge in [0.1, 0.15) is 5.92 Å². The molecule has 0 rings (SSSR count). The SMILES string of the molecule is CCCCN(CCO)C(=O)C(C(=O)OCC)C(C)(C)C. The molecular weight excluding hydrogens is 258 g/mol. The van der Waals surface area contributed by atoms with Crippen molar-refractivity contribution in [3.63, 3.8) is 0 Å². The lowest BCUT2D eigenvalue weighted by Gasteiger charge is -2.32. The number of carbonyl (C=O) groups is 2. The van der Waals surface area contributed by atoms with E-state index in [1.165, 1.54) is 0 Å². The van der Waals surface area contributed by atoms with Crippen LogP contribution in [0.1, 0.15) is 47.5 Å². The highest BCUT2D eigenvalue weighted by Gasteiger charge is 2.40. The molecule has 1 amide bonds. The number of hydrogen-bond donors (Lipinski definition) is 1. The van der Waals surface area contributed by atoms with Gasteiger partial charge in [0.05, 0.1) is 13.2 Å². The van der Waals surface area contributed by atoms with E-state index in [2.05, 4.69) is 0 Å². The molecule has 0 saturated carbocycles. The third kappa shape index (κ3) is 5.90. The maximum Gasteiger partial charge on any atom is 0.319 e. The number of ether oxygens (including phenoxy) is 1. The molecule has 0 aromatic rings. The molecule has 0 radical (unpaired) electrons. The minimum atomic E-state index is -0.828. The average Bonchev–Trinajstić information content (AvgIpc) is 2.33. The van der Waals surface area contributed by atoms with Crippen molar-refractivity contribution in [1.82, 2.24) is 4.90 Å². The van der Waals surface area contributed by atoms with Crippen LogP contribution in [0.15, 0.2) is 0 Å². The minimum absolute atomic E-state index is 0.102. The summed E-state index contributed by atoms with van der Waals surface area (Å²) in [7, 11) is 0. The summed E-state index contributed by atoms with van der Waals surface area (Å²) in [6.45, 7) is 10.3. The molecule has 0 aromatic carbocycles. The van der Waals surface area contributed by atoms with E-state index in [9.17, 15) is 9.59 Å². The molecule has 0 spiro atoms. The van der Waals surface area contributed by atoms with Gasteiger partial charge in [0.25, 0.3) is 0 Å². The van der Waals surface area contributed by atoms with Crippen LogP contribution in [0.5, 0.6) is 0 Å². The van der Waals surface area contributed by atoms with Crippen LogP contribution in [0.4, 0.5) is 0 Å². The zero-order valence-corrected chi connectivity index (χ0v) is 13.4. The smallest absolute Gasteiger partial charge is 0.319 e. The number of hydrogen-bond acceptors (Lipinski definition) is 4. The van der Waals surface area contributed by atoms with E-state index in [0.717, 1.165) is 12.8 Å². The molecule has 1 unspecified atom stereocenters. The standard InChI is InChI=1S/C15H29NO4/c1-6-8-9-16(10-11-17)13(18)12(15(3,4)5)14(19)20-7-2/h12,17H,6-11H2,1-5H3. The Kier molecular flexibility index (Phi) is 8.46. The molecule has 0 saturated heterocycles. The fourth-order valence-electron chi connectivity index (χ4n) is 2.03. The summed E-state index contributed by atoms with van der Waals surface area (Å²) >= 11 is 0. The molecule has 0 aromatic heterocycles. The fourth-order valence-corrected chi connectivity index (χ4v) is 2.03. The first-order valence-electron chi connectivity index (χ1n) is 7.35. The van der Waals surface area contributed by atoms with Crippen LogP contribution >= 0.6 is 0 Å². The van der Waals surface area contributed by atoms with Crippen LogP contribution in [0.25, 0.3) is 0 Å². The van der Waals surface area contributed by atoms with Crippen molar-refractivity contribution in [2.24, 2.45) is 11.3 Å². The van der Waals surface area contributed by atoms with Gasteiger partial charge in [-0.15, -0.1) is 0 Å². The number of amides is 1. The highest BCUT2D eigenvalue weighted by Crippen LogP contribution is 2.29. The van der Waals surface area contributed by atoms with E-state index in [4.69, 9.17) is 9.84 Å². The maximum absolute atomic E-state index is 12.6. The van der Waals surface area contributed by atoms with Crippen molar-refractivity contribution < 1.29 is 19.4 Å². The van der Waals surface area contributed by atoms with Crippen molar-refractivity contribution in [2.75, 3.05) is 26.3 Å². The zero-order valence-electron chi connectivity index (χ0n) is 13.4. The molecule has 0 heterocycles. The number of nitrogens with zero attached hydrogens (tertiary/aromatic N) is 1. The normalized spacial score (nSPS) is 12.9. The second kappa shape index (κ2) is 8.95. The Bertz CT molecular complexity index is 309. The maximum atomic E-state index is 12.6. The molecule has 1 N–H and O–H groups in total. The topological polar surface area (TPSA) is 66.8 Å². The first-order valence-corrected chi connectivity index (χ1v) is 7.35. The van der Waals surface area contributed by atoms with Crippen molar-refractivity contribution in [1.29, 1.82) is 0 Å². The molecule has 5 nitrogen and oxygen atoms in total. The van der Waals surface area contributed by atoms with Gasteiger partial charge in [-0.05, 0) is 18.8 Å². The van der Waals surface area contributed by atoms with Gasteiger partial charge in [-0.3, -0.25) is 9.59 Å². The summed E-state index contributed by atoms with van der Waals surface area (Å²) < 4.78 is 5.04. The Morgan fingerprint density at radius 1 is 1.20 bits per heavy atom. The lowest BCUT2D eigenvalue weighted by molar-refractivity contribution is -0.160. The molecule has 0 aliphatic rings. The predicted octanol–water partition coefficient (Wildman–Crippen LogP) is 1.83. The van der Waals surface area contributed by atoms with E-state index in [1.807, 2.05) is 27.7 Å². The van der Waals surface area contributed by atoms with Crippen LogP contribution in [-0.2, 0) is 14.3 Å². The summed E-state index contributed by atoms with van der Waals surface area (Å²) in [5.74, 6) is -1.56. The van der Waals surface area contributed by atoms with Gasteiger partial charge in [0.2, 0.25) is 5.91 Å². The largest absolute Gasteiger partial charge is 0.465 e. The van der Waals surface area contributed by atoms with E-state index in [1.54, 1.807) is 11.8 Å². The van der Waals surface area contributed by atoms with Crippen molar-refractivity contribution in [3.05, 3.63) is 0 Å². The van der Waals surface area contributed by atoms with Crippen LogP contribution in [0.3, 0.4) is 0 Å². The zero-order chi connectivity index (χ0) is 15.8. The van der Waals surface area contributed by atoms with Gasteiger partial charge in [-0.25, -0.2) is 0 Å². The molecule has 0 aliphatic carbocycles. The Labute approximate surface area is 122 Å². The lowest BCUT2D eigenvalue weighted by Crippen LogP contribution is -2.47. The van der Waals surface area contributed by atoms with Crippen LogP contribution in [0.2, 0.25) is 0 Å². The Balaban J connectivity index is 5.11. The Morgan fingerprint density at radius 3 is 2.20 bits per heavy atom. The number of rotatable bonds is 8. The Hall–Kier alpha value is -1.10. The van der Waals surface area contributed by atoms with Crippen LogP contribution in [0, 0.1) is 11.3 Å². The molecule has 1 atom stereocenters. The van der Waals surface area contributed by atoms with Crippen molar-refractivity contribution in [2.45, 2.75) is 47.5 Å². The van der Waals surface area contributed by atoms with E-state index in [-0.39, 0.29) is 25.7 Å². The monoisotopic (exact) mass is 287 g/mol. The van der Waals surface area contributed by atoms with Gasteiger partial charge in [0, 0.05) is 13.1 Å². The van der Waals surface area contributed by atoms with E-state index >= 15 is 0 Å². The molecule has 20 heavy (non-hydrogen) atoms. The summed E-state index contributed by atoms with van der Waals surface area (Å²) in [5, 5.41) is 9.10. The number of carbonyl (C=O) groups excluding carboxylic acids is 2. The number of unbranched alkanes of at least 4 members (excludes halogenated alkanes) is 1.